The van der Waals surface area contributed by atoms with Gasteiger partial charge in [-0.2, -0.15) is 8.42 Å². The van der Waals surface area contributed by atoms with Gasteiger partial charge >= 0.3 is 0 Å². The summed E-state index contributed by atoms with van der Waals surface area (Å²) in [6.45, 7) is 5.14. The minimum absolute atomic E-state index is 0.0207. The summed E-state index contributed by atoms with van der Waals surface area (Å²) in [4.78, 5) is 27.5. The van der Waals surface area contributed by atoms with Gasteiger partial charge in [0.25, 0.3) is 10.1 Å². The zero-order valence-corrected chi connectivity index (χ0v) is 18.5. The van der Waals surface area contributed by atoms with Crippen LogP contribution in [0.25, 0.3) is 0 Å². The van der Waals surface area contributed by atoms with Crippen molar-refractivity contribution in [3.05, 3.63) is 12.2 Å². The van der Waals surface area contributed by atoms with Crippen LogP contribution in [-0.4, -0.2) is 56.3 Å². The number of rotatable bonds is 5. The van der Waals surface area contributed by atoms with E-state index in [0.717, 1.165) is 12.7 Å². The Kier molecular flexibility index (Phi) is 5.13. The standard InChI is InChI=1S/C22H32O7S/c1-13-14-5-8-22(18(13)25)16(9-14)21(12-24)7-4-6-20(2,11-23)17(21)15(19(22)26)10-29-30(3,27)28/h14-17,23-24H,1,4-12H2,2-3H3/t14-,15-,16?,17?,20-,21+,22-/m0/s1. The van der Waals surface area contributed by atoms with Crippen molar-refractivity contribution in [1.29, 1.82) is 0 Å². The first-order chi connectivity index (χ1) is 14.0. The Morgan fingerprint density at radius 2 is 1.87 bits per heavy atom. The highest BCUT2D eigenvalue weighted by molar-refractivity contribution is 7.85. The van der Waals surface area contributed by atoms with Crippen molar-refractivity contribution in [2.45, 2.75) is 45.4 Å². The van der Waals surface area contributed by atoms with E-state index in [-0.39, 0.29) is 43.2 Å². The van der Waals surface area contributed by atoms with Crippen LogP contribution in [0.2, 0.25) is 0 Å². The van der Waals surface area contributed by atoms with E-state index in [1.807, 2.05) is 6.92 Å². The molecule has 5 aliphatic rings. The Morgan fingerprint density at radius 1 is 1.17 bits per heavy atom. The van der Waals surface area contributed by atoms with Gasteiger partial charge < -0.3 is 10.2 Å². The molecule has 0 heterocycles. The Balaban J connectivity index is 1.91. The molecular weight excluding hydrogens is 408 g/mol. The second-order valence-corrected chi connectivity index (χ2v) is 12.0. The fourth-order valence-electron chi connectivity index (χ4n) is 7.79. The predicted molar refractivity (Wildman–Crippen MR) is 109 cm³/mol. The predicted octanol–water partition coefficient (Wildman–Crippen LogP) is 1.48. The van der Waals surface area contributed by atoms with E-state index in [2.05, 4.69) is 6.58 Å². The summed E-state index contributed by atoms with van der Waals surface area (Å²) in [5.74, 6) is -2.15. The molecule has 30 heavy (non-hydrogen) atoms. The molecule has 0 aromatic heterocycles. The molecule has 0 saturated heterocycles. The summed E-state index contributed by atoms with van der Waals surface area (Å²) >= 11 is 0. The van der Waals surface area contributed by atoms with Gasteiger partial charge in [-0.3, -0.25) is 13.8 Å². The Labute approximate surface area is 178 Å². The van der Waals surface area contributed by atoms with Crippen molar-refractivity contribution in [1.82, 2.24) is 0 Å². The van der Waals surface area contributed by atoms with Crippen LogP contribution in [0.1, 0.15) is 45.4 Å². The molecule has 5 rings (SSSR count). The molecule has 0 aromatic carbocycles. The van der Waals surface area contributed by atoms with Gasteiger partial charge in [0.2, 0.25) is 0 Å². The molecule has 2 bridgehead atoms. The fourth-order valence-corrected chi connectivity index (χ4v) is 8.19. The third kappa shape index (κ3) is 2.76. The van der Waals surface area contributed by atoms with Gasteiger partial charge in [0.1, 0.15) is 0 Å². The van der Waals surface area contributed by atoms with Gasteiger partial charge in [-0.1, -0.05) is 19.9 Å². The molecule has 0 radical (unpaired) electrons. The topological polar surface area (TPSA) is 118 Å². The summed E-state index contributed by atoms with van der Waals surface area (Å²) in [6.07, 6.45) is 4.77. The summed E-state index contributed by atoms with van der Waals surface area (Å²) in [5.41, 5.74) is -2.17. The van der Waals surface area contributed by atoms with Crippen molar-refractivity contribution in [2.75, 3.05) is 26.1 Å². The van der Waals surface area contributed by atoms with Gasteiger partial charge in [0.05, 0.1) is 18.3 Å². The summed E-state index contributed by atoms with van der Waals surface area (Å²) in [6, 6.07) is 0. The lowest BCUT2D eigenvalue weighted by Crippen LogP contribution is -2.72. The lowest BCUT2D eigenvalue weighted by molar-refractivity contribution is -0.217. The van der Waals surface area contributed by atoms with E-state index >= 15 is 0 Å². The lowest BCUT2D eigenvalue weighted by Gasteiger charge is -2.68. The number of carbonyl (C=O) groups is 2. The molecule has 7 nitrogen and oxygen atoms in total. The number of allylic oxidation sites excluding steroid dienone is 1. The normalized spacial score (nSPS) is 45.9. The quantitative estimate of drug-likeness (QED) is 0.378. The summed E-state index contributed by atoms with van der Waals surface area (Å²) < 4.78 is 28.6. The van der Waals surface area contributed by atoms with Gasteiger partial charge in [0.15, 0.2) is 11.6 Å². The number of aliphatic hydroxyl groups excluding tert-OH is 2. The van der Waals surface area contributed by atoms with Gasteiger partial charge in [-0.05, 0) is 60.8 Å². The van der Waals surface area contributed by atoms with Gasteiger partial charge in [-0.25, -0.2) is 0 Å². The third-order valence-corrected chi connectivity index (χ3v) is 9.51. The fraction of sp³-hybridized carbons (Fsp3) is 0.818. The number of aliphatic hydroxyl groups is 2. The van der Waals surface area contributed by atoms with Crippen molar-refractivity contribution in [2.24, 2.45) is 39.9 Å². The number of ketones is 2. The summed E-state index contributed by atoms with van der Waals surface area (Å²) in [5, 5.41) is 21.1. The average Bonchev–Trinajstić information content (AvgIpc) is 2.71. The molecule has 5 fully saturated rings. The third-order valence-electron chi connectivity index (χ3n) is 8.94. The van der Waals surface area contributed by atoms with E-state index in [4.69, 9.17) is 4.18 Å². The zero-order valence-electron chi connectivity index (χ0n) is 17.7. The number of hydrogen-bond donors (Lipinski definition) is 2. The minimum Gasteiger partial charge on any atom is -0.396 e. The monoisotopic (exact) mass is 440 g/mol. The maximum atomic E-state index is 14.0. The molecule has 2 unspecified atom stereocenters. The molecular formula is C22H32O7S. The first-order valence-electron chi connectivity index (χ1n) is 10.8. The highest BCUT2D eigenvalue weighted by Gasteiger charge is 2.74. The Morgan fingerprint density at radius 3 is 2.47 bits per heavy atom. The molecule has 5 saturated carbocycles. The van der Waals surface area contributed by atoms with Crippen molar-refractivity contribution in [3.63, 3.8) is 0 Å². The first kappa shape index (κ1) is 22.1. The molecule has 0 aromatic rings. The smallest absolute Gasteiger partial charge is 0.264 e. The van der Waals surface area contributed by atoms with Crippen LogP contribution in [0.5, 0.6) is 0 Å². The molecule has 2 N–H and O–H groups in total. The highest BCUT2D eigenvalue weighted by Crippen LogP contribution is 2.71. The molecule has 5 aliphatic carbocycles. The molecule has 0 aliphatic heterocycles. The number of fused-ring (bicyclic) bond motifs is 3. The van der Waals surface area contributed by atoms with E-state index in [1.54, 1.807) is 0 Å². The number of carbonyl (C=O) groups excluding carboxylic acids is 2. The summed E-state index contributed by atoms with van der Waals surface area (Å²) in [7, 11) is -3.81. The maximum absolute atomic E-state index is 14.0. The average molecular weight is 441 g/mol. The molecule has 1 spiro atoms. The Hall–Kier alpha value is -1.09. The van der Waals surface area contributed by atoms with Crippen LogP contribution in [0.15, 0.2) is 12.2 Å². The van der Waals surface area contributed by atoms with Gasteiger partial charge in [0, 0.05) is 24.5 Å². The Bertz CT molecular complexity index is 895. The second kappa shape index (κ2) is 6.95. The van der Waals surface area contributed by atoms with Crippen LogP contribution in [-0.2, 0) is 23.9 Å². The maximum Gasteiger partial charge on any atom is 0.264 e. The minimum atomic E-state index is -3.81. The van der Waals surface area contributed by atoms with E-state index in [1.165, 1.54) is 0 Å². The van der Waals surface area contributed by atoms with Crippen molar-refractivity contribution < 1.29 is 32.4 Å². The van der Waals surface area contributed by atoms with Gasteiger partial charge in [-0.15, -0.1) is 0 Å². The number of hydrogen-bond acceptors (Lipinski definition) is 7. The second-order valence-electron chi connectivity index (χ2n) is 10.3. The SMILES string of the molecule is C=C1C(=O)[C@]23CC[C@H]1CC2[C@]1(CO)CCC[C@@](C)(CO)C1[C@H](COS(C)(=O)=O)C3=O. The molecule has 8 heteroatoms. The van der Waals surface area contributed by atoms with E-state index in [9.17, 15) is 28.2 Å². The van der Waals surface area contributed by atoms with Crippen molar-refractivity contribution >= 4 is 21.7 Å². The molecule has 0 amide bonds. The molecule has 7 atom stereocenters. The zero-order chi connectivity index (χ0) is 22.1. The van der Waals surface area contributed by atoms with Crippen LogP contribution in [0, 0.1) is 39.9 Å². The van der Waals surface area contributed by atoms with E-state index in [0.29, 0.717) is 37.7 Å². The van der Waals surface area contributed by atoms with Crippen LogP contribution in [0.3, 0.4) is 0 Å². The van der Waals surface area contributed by atoms with Crippen LogP contribution in [0.4, 0.5) is 0 Å². The van der Waals surface area contributed by atoms with Crippen LogP contribution < -0.4 is 0 Å². The van der Waals surface area contributed by atoms with Crippen molar-refractivity contribution in [3.8, 4) is 0 Å². The lowest BCUT2D eigenvalue weighted by atomic mass is 9.34. The largest absolute Gasteiger partial charge is 0.396 e. The first-order valence-corrected chi connectivity index (χ1v) is 12.6. The highest BCUT2D eigenvalue weighted by atomic mass is 32.2. The molecule has 168 valence electrons. The number of Topliss-reactive ketones (excluding diaryl/α,β-unsaturated/α-hetero) is 2. The van der Waals surface area contributed by atoms with Crippen LogP contribution >= 0.6 is 0 Å². The van der Waals surface area contributed by atoms with E-state index < -0.39 is 38.2 Å².